The van der Waals surface area contributed by atoms with Crippen LogP contribution in [-0.2, 0) is 6.61 Å². The average Bonchev–Trinajstić information content (AvgIpc) is 3.00. The molecule has 3 aromatic carbocycles. The van der Waals surface area contributed by atoms with E-state index in [9.17, 15) is 0 Å². The Bertz CT molecular complexity index is 1050. The van der Waals surface area contributed by atoms with Crippen LogP contribution in [0.4, 0.5) is 0 Å². The first kappa shape index (κ1) is 16.0. The fourth-order valence-electron chi connectivity index (χ4n) is 3.24. The van der Waals surface area contributed by atoms with E-state index in [-0.39, 0.29) is 0 Å². The van der Waals surface area contributed by atoms with Gasteiger partial charge in [-0.15, -0.1) is 0 Å². The minimum absolute atomic E-state index is 0.304. The van der Waals surface area contributed by atoms with E-state index < -0.39 is 0 Å². The maximum atomic E-state index is 6.54. The van der Waals surface area contributed by atoms with Crippen molar-refractivity contribution in [3.05, 3.63) is 71.5 Å². The van der Waals surface area contributed by atoms with E-state index in [2.05, 4.69) is 24.5 Å². The largest absolute Gasteiger partial charge is 0.484 e. The quantitative estimate of drug-likeness (QED) is 0.451. The van der Waals surface area contributed by atoms with Gasteiger partial charge in [0.1, 0.15) is 18.2 Å². The molecule has 4 heteroatoms. The normalized spacial score (nSPS) is 11.5. The molecule has 0 atom stereocenters. The molecule has 0 bridgehead atoms. The Morgan fingerprint density at radius 3 is 2.60 bits per heavy atom. The summed E-state index contributed by atoms with van der Waals surface area (Å²) in [6, 6.07) is 20.5. The molecule has 3 nitrogen and oxygen atoms in total. The van der Waals surface area contributed by atoms with Crippen LogP contribution in [-0.4, -0.2) is 9.55 Å². The van der Waals surface area contributed by atoms with Crippen molar-refractivity contribution in [3.8, 4) is 5.75 Å². The van der Waals surface area contributed by atoms with Gasteiger partial charge in [-0.2, -0.15) is 0 Å². The summed E-state index contributed by atoms with van der Waals surface area (Å²) >= 11 is 6.54. The van der Waals surface area contributed by atoms with Crippen LogP contribution in [0, 0.1) is 0 Å². The molecule has 1 aromatic heterocycles. The van der Waals surface area contributed by atoms with Crippen molar-refractivity contribution >= 4 is 33.4 Å². The molecule has 0 aliphatic carbocycles. The van der Waals surface area contributed by atoms with Gasteiger partial charge in [0.2, 0.25) is 0 Å². The summed E-state index contributed by atoms with van der Waals surface area (Å²) in [4.78, 5) is 4.74. The summed E-state index contributed by atoms with van der Waals surface area (Å²) in [6.45, 7) is 4.69. The predicted octanol–water partition coefficient (Wildman–Crippen LogP) is 6.00. The SMILES string of the molecule is CC(C)n1c(COc2ccc3ccccc3c2Cl)nc2ccccc21. The lowest BCUT2D eigenvalue weighted by molar-refractivity contribution is 0.288. The highest BCUT2D eigenvalue weighted by molar-refractivity contribution is 6.37. The summed E-state index contributed by atoms with van der Waals surface area (Å²) in [7, 11) is 0. The first-order valence-electron chi connectivity index (χ1n) is 8.41. The van der Waals surface area contributed by atoms with Crippen LogP contribution < -0.4 is 4.74 Å². The number of ether oxygens (including phenoxy) is 1. The third-order valence-electron chi connectivity index (χ3n) is 4.37. The van der Waals surface area contributed by atoms with Crippen molar-refractivity contribution in [1.82, 2.24) is 9.55 Å². The van der Waals surface area contributed by atoms with E-state index >= 15 is 0 Å². The van der Waals surface area contributed by atoms with E-state index in [0.29, 0.717) is 23.4 Å². The topological polar surface area (TPSA) is 27.1 Å². The number of para-hydroxylation sites is 2. The van der Waals surface area contributed by atoms with Crippen LogP contribution in [0.3, 0.4) is 0 Å². The number of rotatable bonds is 4. The van der Waals surface area contributed by atoms with Crippen LogP contribution in [0.2, 0.25) is 5.02 Å². The Labute approximate surface area is 151 Å². The number of imidazole rings is 1. The molecule has 0 spiro atoms. The van der Waals surface area contributed by atoms with E-state index in [1.807, 2.05) is 54.6 Å². The highest BCUT2D eigenvalue weighted by atomic mass is 35.5. The van der Waals surface area contributed by atoms with Gasteiger partial charge in [0, 0.05) is 11.4 Å². The van der Waals surface area contributed by atoms with Crippen LogP contribution in [0.25, 0.3) is 21.8 Å². The Kier molecular flexibility index (Phi) is 4.10. The maximum Gasteiger partial charge on any atom is 0.148 e. The highest BCUT2D eigenvalue weighted by Gasteiger charge is 2.14. The van der Waals surface area contributed by atoms with E-state index in [1.165, 1.54) is 0 Å². The van der Waals surface area contributed by atoms with E-state index in [1.54, 1.807) is 0 Å². The van der Waals surface area contributed by atoms with Gasteiger partial charge in [0.05, 0.1) is 16.1 Å². The molecular weight excluding hydrogens is 332 g/mol. The summed E-state index contributed by atoms with van der Waals surface area (Å²) in [6.07, 6.45) is 0. The summed E-state index contributed by atoms with van der Waals surface area (Å²) in [5.74, 6) is 1.59. The van der Waals surface area contributed by atoms with Crippen molar-refractivity contribution in [2.45, 2.75) is 26.5 Å². The standard InChI is InChI=1S/C21H19ClN2O/c1-14(2)24-18-10-6-5-9-17(18)23-20(24)13-25-19-12-11-15-7-3-4-8-16(15)21(19)22/h3-12,14H,13H2,1-2H3. The minimum Gasteiger partial charge on any atom is -0.484 e. The van der Waals surface area contributed by atoms with Crippen LogP contribution >= 0.6 is 11.6 Å². The zero-order chi connectivity index (χ0) is 17.4. The van der Waals surface area contributed by atoms with Gasteiger partial charge in [-0.3, -0.25) is 0 Å². The molecule has 1 heterocycles. The molecule has 0 aliphatic rings. The summed E-state index contributed by atoms with van der Waals surface area (Å²) in [5.41, 5.74) is 2.11. The van der Waals surface area contributed by atoms with Gasteiger partial charge in [-0.25, -0.2) is 4.98 Å². The van der Waals surface area contributed by atoms with Gasteiger partial charge in [0.25, 0.3) is 0 Å². The Balaban J connectivity index is 1.69. The molecule has 25 heavy (non-hydrogen) atoms. The number of fused-ring (bicyclic) bond motifs is 2. The Hall–Kier alpha value is -2.52. The molecule has 0 fully saturated rings. The van der Waals surface area contributed by atoms with Crippen LogP contribution in [0.1, 0.15) is 25.7 Å². The van der Waals surface area contributed by atoms with E-state index in [0.717, 1.165) is 27.6 Å². The molecule has 0 amide bonds. The number of nitrogens with zero attached hydrogens (tertiary/aromatic N) is 2. The minimum atomic E-state index is 0.304. The highest BCUT2D eigenvalue weighted by Crippen LogP contribution is 2.33. The molecule has 0 aliphatic heterocycles. The van der Waals surface area contributed by atoms with Gasteiger partial charge in [0.15, 0.2) is 0 Å². The smallest absolute Gasteiger partial charge is 0.148 e. The lowest BCUT2D eigenvalue weighted by atomic mass is 10.1. The van der Waals surface area contributed by atoms with Gasteiger partial charge >= 0.3 is 0 Å². The zero-order valence-electron chi connectivity index (χ0n) is 14.2. The third-order valence-corrected chi connectivity index (χ3v) is 4.76. The van der Waals surface area contributed by atoms with Crippen molar-refractivity contribution in [1.29, 1.82) is 0 Å². The van der Waals surface area contributed by atoms with E-state index in [4.69, 9.17) is 21.3 Å². The molecule has 4 aromatic rings. The molecule has 0 N–H and O–H groups in total. The van der Waals surface area contributed by atoms with Crippen LogP contribution in [0.15, 0.2) is 60.7 Å². The number of hydrogen-bond donors (Lipinski definition) is 0. The molecule has 4 rings (SSSR count). The second-order valence-corrected chi connectivity index (χ2v) is 6.75. The third kappa shape index (κ3) is 2.85. The van der Waals surface area contributed by atoms with Gasteiger partial charge in [-0.05, 0) is 37.4 Å². The molecule has 0 radical (unpaired) electrons. The lowest BCUT2D eigenvalue weighted by Gasteiger charge is -2.14. The lowest BCUT2D eigenvalue weighted by Crippen LogP contribution is -2.09. The maximum absolute atomic E-state index is 6.54. The first-order chi connectivity index (χ1) is 12.1. The van der Waals surface area contributed by atoms with Gasteiger partial charge in [-0.1, -0.05) is 54.1 Å². The molecule has 0 unspecified atom stereocenters. The Morgan fingerprint density at radius 2 is 1.76 bits per heavy atom. The number of aromatic nitrogens is 2. The van der Waals surface area contributed by atoms with Crippen molar-refractivity contribution in [2.75, 3.05) is 0 Å². The number of hydrogen-bond acceptors (Lipinski definition) is 2. The molecule has 0 saturated carbocycles. The predicted molar refractivity (Wildman–Crippen MR) is 103 cm³/mol. The second kappa shape index (κ2) is 6.41. The van der Waals surface area contributed by atoms with Crippen LogP contribution in [0.5, 0.6) is 5.75 Å². The number of halogens is 1. The van der Waals surface area contributed by atoms with Crippen molar-refractivity contribution in [2.24, 2.45) is 0 Å². The van der Waals surface area contributed by atoms with Crippen molar-refractivity contribution in [3.63, 3.8) is 0 Å². The molecule has 126 valence electrons. The molecule has 0 saturated heterocycles. The summed E-state index contributed by atoms with van der Waals surface area (Å²) < 4.78 is 8.25. The second-order valence-electron chi connectivity index (χ2n) is 6.37. The zero-order valence-corrected chi connectivity index (χ0v) is 15.0. The molecular formula is C21H19ClN2O. The van der Waals surface area contributed by atoms with Gasteiger partial charge < -0.3 is 9.30 Å². The average molecular weight is 351 g/mol. The summed E-state index contributed by atoms with van der Waals surface area (Å²) in [5, 5.41) is 2.75. The Morgan fingerprint density at radius 1 is 1.00 bits per heavy atom. The fourth-order valence-corrected chi connectivity index (χ4v) is 3.53. The fraction of sp³-hybridized carbons (Fsp3) is 0.190. The first-order valence-corrected chi connectivity index (χ1v) is 8.79. The number of benzene rings is 3. The van der Waals surface area contributed by atoms with Crippen molar-refractivity contribution < 1.29 is 4.74 Å². The monoisotopic (exact) mass is 350 g/mol.